The van der Waals surface area contributed by atoms with Gasteiger partial charge < -0.3 is 4.90 Å². The average Bonchev–Trinajstić information content (AvgIpc) is 3.17. The molecule has 0 aliphatic carbocycles. The van der Waals surface area contributed by atoms with Crippen molar-refractivity contribution in [2.24, 2.45) is 0 Å². The van der Waals surface area contributed by atoms with Crippen molar-refractivity contribution in [3.8, 4) is 0 Å². The van der Waals surface area contributed by atoms with Crippen LogP contribution in [0.5, 0.6) is 0 Å². The second kappa shape index (κ2) is 6.34. The lowest BCUT2D eigenvalue weighted by Gasteiger charge is -2.32. The number of nitrogens with one attached hydrogen (secondary N) is 2. The average molecular weight is 301 g/mol. The molecule has 0 spiro atoms. The Bertz CT molecular complexity index is 631. The van der Waals surface area contributed by atoms with E-state index in [0.29, 0.717) is 18.8 Å². The van der Waals surface area contributed by atoms with Gasteiger partial charge >= 0.3 is 0 Å². The van der Waals surface area contributed by atoms with Gasteiger partial charge in [-0.15, -0.1) is 0 Å². The molecule has 6 heteroatoms. The van der Waals surface area contributed by atoms with Gasteiger partial charge in [-0.2, -0.15) is 10.2 Å². The summed E-state index contributed by atoms with van der Waals surface area (Å²) in [7, 11) is 0. The van der Waals surface area contributed by atoms with E-state index in [-0.39, 0.29) is 5.91 Å². The van der Waals surface area contributed by atoms with E-state index < -0.39 is 0 Å². The van der Waals surface area contributed by atoms with Gasteiger partial charge in [-0.05, 0) is 38.3 Å². The van der Waals surface area contributed by atoms with Crippen LogP contribution in [0.1, 0.15) is 47.8 Å². The molecule has 1 atom stereocenters. The number of aromatic nitrogens is 4. The van der Waals surface area contributed by atoms with Gasteiger partial charge in [0.15, 0.2) is 0 Å². The van der Waals surface area contributed by atoms with Crippen molar-refractivity contribution in [3.63, 3.8) is 0 Å². The molecular weight excluding hydrogens is 278 g/mol. The van der Waals surface area contributed by atoms with Crippen LogP contribution in [0.15, 0.2) is 12.3 Å². The van der Waals surface area contributed by atoms with Crippen LogP contribution in [-0.4, -0.2) is 44.3 Å². The van der Waals surface area contributed by atoms with Crippen LogP contribution in [0.25, 0.3) is 0 Å². The third-order valence-corrected chi connectivity index (χ3v) is 4.67. The van der Waals surface area contributed by atoms with Crippen molar-refractivity contribution >= 4 is 5.91 Å². The summed E-state index contributed by atoms with van der Waals surface area (Å²) in [5, 5.41) is 14.3. The summed E-state index contributed by atoms with van der Waals surface area (Å²) in [6, 6.07) is 2.01. The molecule has 0 aromatic carbocycles. The molecule has 0 radical (unpaired) electrons. The van der Waals surface area contributed by atoms with Crippen LogP contribution < -0.4 is 0 Å². The van der Waals surface area contributed by atoms with Gasteiger partial charge in [-0.25, -0.2) is 0 Å². The number of H-pyrrole nitrogens is 2. The van der Waals surface area contributed by atoms with E-state index in [1.807, 2.05) is 24.8 Å². The summed E-state index contributed by atoms with van der Waals surface area (Å²) >= 11 is 0. The molecule has 2 aromatic heterocycles. The van der Waals surface area contributed by atoms with Crippen LogP contribution >= 0.6 is 0 Å². The smallest absolute Gasteiger partial charge is 0.222 e. The van der Waals surface area contributed by atoms with E-state index in [1.165, 1.54) is 5.56 Å². The second-order valence-electron chi connectivity index (χ2n) is 6.11. The number of carbonyl (C=O) groups excluding carboxylic acids is 1. The summed E-state index contributed by atoms with van der Waals surface area (Å²) in [6.45, 7) is 5.71. The van der Waals surface area contributed by atoms with Crippen LogP contribution in [0.4, 0.5) is 0 Å². The number of hydrogen-bond acceptors (Lipinski definition) is 3. The topological polar surface area (TPSA) is 77.7 Å². The summed E-state index contributed by atoms with van der Waals surface area (Å²) in [5.41, 5.74) is 4.39. The Balaban J connectivity index is 1.56. The van der Waals surface area contributed by atoms with Crippen molar-refractivity contribution in [2.45, 2.75) is 45.4 Å². The standard InChI is InChI=1S/C16H23N5O/c1-11-12(2)18-20-14(11)5-6-16(22)21-9-3-4-13(10-21)15-7-8-17-19-15/h7-8,13H,3-6,9-10H2,1-2H3,(H,17,19)(H,18,20). The van der Waals surface area contributed by atoms with Gasteiger partial charge in [-0.3, -0.25) is 15.0 Å². The fourth-order valence-corrected chi connectivity index (χ4v) is 3.11. The first-order chi connectivity index (χ1) is 10.6. The molecule has 118 valence electrons. The second-order valence-corrected chi connectivity index (χ2v) is 6.11. The third-order valence-electron chi connectivity index (χ3n) is 4.67. The van der Waals surface area contributed by atoms with Gasteiger partial charge in [0, 0.05) is 49.4 Å². The molecule has 2 N–H and O–H groups in total. The number of rotatable bonds is 4. The van der Waals surface area contributed by atoms with E-state index in [0.717, 1.165) is 43.0 Å². The number of piperidine rings is 1. The highest BCUT2D eigenvalue weighted by molar-refractivity contribution is 5.76. The predicted octanol–water partition coefficient (Wildman–Crippen LogP) is 2.09. The summed E-state index contributed by atoms with van der Waals surface area (Å²) < 4.78 is 0. The van der Waals surface area contributed by atoms with Crippen LogP contribution in [-0.2, 0) is 11.2 Å². The SMILES string of the molecule is Cc1[nH]nc(CCC(=O)N2CCCC(c3ccn[nH]3)C2)c1C. The first-order valence-corrected chi connectivity index (χ1v) is 7.92. The number of aromatic amines is 2. The van der Waals surface area contributed by atoms with Crippen LogP contribution in [0.3, 0.4) is 0 Å². The Kier molecular flexibility index (Phi) is 4.27. The van der Waals surface area contributed by atoms with Crippen LogP contribution in [0.2, 0.25) is 0 Å². The molecule has 2 aromatic rings. The monoisotopic (exact) mass is 301 g/mol. The fourth-order valence-electron chi connectivity index (χ4n) is 3.11. The quantitative estimate of drug-likeness (QED) is 0.907. The molecule has 1 aliphatic heterocycles. The fraction of sp³-hybridized carbons (Fsp3) is 0.562. The van der Waals surface area contributed by atoms with Crippen molar-refractivity contribution in [2.75, 3.05) is 13.1 Å². The van der Waals surface area contributed by atoms with Crippen molar-refractivity contribution in [3.05, 3.63) is 34.9 Å². The maximum Gasteiger partial charge on any atom is 0.222 e. The highest BCUT2D eigenvalue weighted by atomic mass is 16.2. The highest BCUT2D eigenvalue weighted by Crippen LogP contribution is 2.25. The third kappa shape index (κ3) is 3.05. The summed E-state index contributed by atoms with van der Waals surface area (Å²) in [6.07, 6.45) is 5.18. The molecule has 3 heterocycles. The van der Waals surface area contributed by atoms with Gasteiger partial charge in [0.05, 0.1) is 5.69 Å². The number of hydrogen-bond donors (Lipinski definition) is 2. The Hall–Kier alpha value is -2.11. The Morgan fingerprint density at radius 2 is 2.27 bits per heavy atom. The molecule has 1 aliphatic rings. The lowest BCUT2D eigenvalue weighted by molar-refractivity contribution is -0.132. The highest BCUT2D eigenvalue weighted by Gasteiger charge is 2.25. The van der Waals surface area contributed by atoms with E-state index in [9.17, 15) is 4.79 Å². The number of amides is 1. The maximum atomic E-state index is 12.5. The molecule has 6 nitrogen and oxygen atoms in total. The van der Waals surface area contributed by atoms with E-state index in [1.54, 1.807) is 6.20 Å². The molecule has 0 bridgehead atoms. The minimum Gasteiger partial charge on any atom is -0.342 e. The molecule has 0 saturated carbocycles. The first-order valence-electron chi connectivity index (χ1n) is 7.92. The molecule has 22 heavy (non-hydrogen) atoms. The van der Waals surface area contributed by atoms with Gasteiger partial charge in [0.2, 0.25) is 5.91 Å². The van der Waals surface area contributed by atoms with Gasteiger partial charge in [-0.1, -0.05) is 0 Å². The van der Waals surface area contributed by atoms with E-state index in [2.05, 4.69) is 20.4 Å². The lowest BCUT2D eigenvalue weighted by Crippen LogP contribution is -2.39. The Labute approximate surface area is 130 Å². The zero-order chi connectivity index (χ0) is 15.5. The predicted molar refractivity (Wildman–Crippen MR) is 83.5 cm³/mol. The molecule has 1 saturated heterocycles. The first kappa shape index (κ1) is 14.8. The number of likely N-dealkylation sites (tertiary alicyclic amines) is 1. The van der Waals surface area contributed by atoms with E-state index >= 15 is 0 Å². The summed E-state index contributed by atoms with van der Waals surface area (Å²) in [4.78, 5) is 14.5. The van der Waals surface area contributed by atoms with Gasteiger partial charge in [0.25, 0.3) is 0 Å². The normalized spacial score (nSPS) is 18.6. The van der Waals surface area contributed by atoms with Crippen molar-refractivity contribution < 1.29 is 4.79 Å². The molecular formula is C16H23N5O. The molecule has 3 rings (SSSR count). The Morgan fingerprint density at radius 3 is 2.95 bits per heavy atom. The molecule has 1 unspecified atom stereocenters. The summed E-state index contributed by atoms with van der Waals surface area (Å²) in [5.74, 6) is 0.610. The van der Waals surface area contributed by atoms with Crippen molar-refractivity contribution in [1.82, 2.24) is 25.3 Å². The Morgan fingerprint density at radius 1 is 1.41 bits per heavy atom. The zero-order valence-electron chi connectivity index (χ0n) is 13.2. The molecule has 1 amide bonds. The lowest BCUT2D eigenvalue weighted by atomic mass is 9.94. The van der Waals surface area contributed by atoms with Crippen molar-refractivity contribution in [1.29, 1.82) is 0 Å². The number of nitrogens with zero attached hydrogens (tertiary/aromatic N) is 3. The minimum atomic E-state index is 0.226. The van der Waals surface area contributed by atoms with Crippen LogP contribution in [0, 0.1) is 13.8 Å². The number of carbonyl (C=O) groups is 1. The largest absolute Gasteiger partial charge is 0.342 e. The maximum absolute atomic E-state index is 12.5. The minimum absolute atomic E-state index is 0.226. The van der Waals surface area contributed by atoms with E-state index in [4.69, 9.17) is 0 Å². The molecule has 1 fully saturated rings. The zero-order valence-corrected chi connectivity index (χ0v) is 13.2. The van der Waals surface area contributed by atoms with Gasteiger partial charge in [0.1, 0.15) is 0 Å². The number of aryl methyl sites for hydroxylation is 2.